The van der Waals surface area contributed by atoms with Crippen molar-refractivity contribution in [2.75, 3.05) is 13.7 Å². The van der Waals surface area contributed by atoms with Crippen LogP contribution in [0.15, 0.2) is 16.9 Å². The third-order valence-corrected chi connectivity index (χ3v) is 3.57. The number of nitrogens with zero attached hydrogens (tertiary/aromatic N) is 4. The van der Waals surface area contributed by atoms with E-state index in [0.29, 0.717) is 23.7 Å². The Morgan fingerprint density at radius 1 is 1.59 bits per heavy atom. The quantitative estimate of drug-likeness (QED) is 0.897. The van der Waals surface area contributed by atoms with Crippen LogP contribution in [0.25, 0.3) is 0 Å². The number of hydrogen-bond acceptors (Lipinski definition) is 6. The molecule has 17 heavy (non-hydrogen) atoms. The first-order chi connectivity index (χ1) is 8.24. The summed E-state index contributed by atoms with van der Waals surface area (Å²) < 4.78 is 11.2. The zero-order chi connectivity index (χ0) is 12.3. The summed E-state index contributed by atoms with van der Waals surface area (Å²) >= 11 is 4.54. The summed E-state index contributed by atoms with van der Waals surface area (Å²) in [5.74, 6) is 0. The first-order valence-electron chi connectivity index (χ1n) is 4.89. The molecule has 6 nitrogen and oxygen atoms in total. The van der Waals surface area contributed by atoms with Crippen molar-refractivity contribution in [2.24, 2.45) is 0 Å². The van der Waals surface area contributed by atoms with Crippen LogP contribution < -0.4 is 0 Å². The molecule has 2 heterocycles. The lowest BCUT2D eigenvalue weighted by atomic mass is 10.2. The van der Waals surface area contributed by atoms with Gasteiger partial charge in [-0.2, -0.15) is 5.10 Å². The first kappa shape index (κ1) is 12.6. The topological polar surface area (TPSA) is 73.1 Å². The smallest absolute Gasteiger partial charge is 0.134 e. The molecule has 0 aliphatic rings. The van der Waals surface area contributed by atoms with E-state index in [1.807, 2.05) is 0 Å². The van der Waals surface area contributed by atoms with E-state index in [9.17, 15) is 5.11 Å². The molecule has 0 saturated carbocycles. The molecule has 2 aromatic heterocycles. The molecule has 0 bridgehead atoms. The molecule has 0 radical (unpaired) electrons. The number of methoxy groups -OCH3 is 1. The highest BCUT2D eigenvalue weighted by atomic mass is 79.9. The standard InChI is InChI=1S/C9H11BrN4O2S/c1-16-3-2-14-8(6(10)4-12-14)9(15)7-5-11-13-17-7/h4-5,9,15H,2-3H2,1H3. The maximum atomic E-state index is 10.2. The summed E-state index contributed by atoms with van der Waals surface area (Å²) in [6.45, 7) is 1.12. The van der Waals surface area contributed by atoms with Crippen LogP contribution in [0.5, 0.6) is 0 Å². The predicted molar refractivity (Wildman–Crippen MR) is 65.8 cm³/mol. The zero-order valence-corrected chi connectivity index (χ0v) is 11.5. The lowest BCUT2D eigenvalue weighted by molar-refractivity contribution is 0.172. The van der Waals surface area contributed by atoms with Gasteiger partial charge in [0.1, 0.15) is 6.10 Å². The van der Waals surface area contributed by atoms with Crippen molar-refractivity contribution in [3.05, 3.63) is 27.4 Å². The van der Waals surface area contributed by atoms with Crippen LogP contribution in [0, 0.1) is 0 Å². The van der Waals surface area contributed by atoms with E-state index in [1.54, 1.807) is 24.2 Å². The van der Waals surface area contributed by atoms with Gasteiger partial charge in [-0.3, -0.25) is 4.68 Å². The van der Waals surface area contributed by atoms with Gasteiger partial charge in [0.05, 0.1) is 40.6 Å². The number of aliphatic hydroxyl groups is 1. The summed E-state index contributed by atoms with van der Waals surface area (Å²) in [5.41, 5.74) is 0.688. The average molecular weight is 319 g/mol. The fraction of sp³-hybridized carbons (Fsp3) is 0.444. The van der Waals surface area contributed by atoms with Crippen LogP contribution in [0.2, 0.25) is 0 Å². The molecular weight excluding hydrogens is 308 g/mol. The molecule has 1 N–H and O–H groups in total. The van der Waals surface area contributed by atoms with Gasteiger partial charge in [0.2, 0.25) is 0 Å². The van der Waals surface area contributed by atoms with Crippen molar-refractivity contribution < 1.29 is 9.84 Å². The minimum atomic E-state index is -0.774. The number of aromatic nitrogens is 4. The summed E-state index contributed by atoms with van der Waals surface area (Å²) in [5, 5.41) is 18.1. The highest BCUT2D eigenvalue weighted by molar-refractivity contribution is 9.10. The Balaban J connectivity index is 2.27. The van der Waals surface area contributed by atoms with Gasteiger partial charge in [-0.25, -0.2) is 0 Å². The molecule has 1 atom stereocenters. The van der Waals surface area contributed by atoms with Crippen molar-refractivity contribution in [1.29, 1.82) is 0 Å². The van der Waals surface area contributed by atoms with Gasteiger partial charge in [0.25, 0.3) is 0 Å². The second-order valence-electron chi connectivity index (χ2n) is 3.32. The predicted octanol–water partition coefficient (Wildman–Crippen LogP) is 1.23. The second kappa shape index (κ2) is 5.67. The lowest BCUT2D eigenvalue weighted by Gasteiger charge is -2.11. The van der Waals surface area contributed by atoms with E-state index in [2.05, 4.69) is 30.6 Å². The van der Waals surface area contributed by atoms with Crippen LogP contribution in [-0.4, -0.2) is 38.2 Å². The van der Waals surface area contributed by atoms with Gasteiger partial charge in [0, 0.05) is 7.11 Å². The maximum absolute atomic E-state index is 10.2. The Hall–Kier alpha value is -0.830. The average Bonchev–Trinajstić information content (AvgIpc) is 2.95. The van der Waals surface area contributed by atoms with Gasteiger partial charge in [0.15, 0.2) is 0 Å². The third-order valence-electron chi connectivity index (χ3n) is 2.25. The van der Waals surface area contributed by atoms with E-state index >= 15 is 0 Å². The Labute approximate surface area is 111 Å². The molecule has 0 fully saturated rings. The van der Waals surface area contributed by atoms with Crippen molar-refractivity contribution in [3.63, 3.8) is 0 Å². The molecule has 0 amide bonds. The Kier molecular flexibility index (Phi) is 4.21. The molecule has 0 aliphatic heterocycles. The minimum Gasteiger partial charge on any atom is -0.383 e. The van der Waals surface area contributed by atoms with E-state index < -0.39 is 6.10 Å². The number of aliphatic hydroxyl groups excluding tert-OH is 1. The van der Waals surface area contributed by atoms with Gasteiger partial charge in [-0.15, -0.1) is 5.10 Å². The van der Waals surface area contributed by atoms with Crippen molar-refractivity contribution in [1.82, 2.24) is 19.4 Å². The van der Waals surface area contributed by atoms with Gasteiger partial charge < -0.3 is 9.84 Å². The summed E-state index contributed by atoms with van der Waals surface area (Å²) in [6.07, 6.45) is 2.43. The summed E-state index contributed by atoms with van der Waals surface area (Å²) in [4.78, 5) is 0.685. The largest absolute Gasteiger partial charge is 0.383 e. The Morgan fingerprint density at radius 2 is 2.41 bits per heavy atom. The van der Waals surface area contributed by atoms with E-state index in [0.717, 1.165) is 4.47 Å². The summed E-state index contributed by atoms with van der Waals surface area (Å²) in [7, 11) is 1.63. The number of rotatable bonds is 5. The van der Waals surface area contributed by atoms with E-state index in [1.165, 1.54) is 11.5 Å². The molecule has 0 aromatic carbocycles. The number of ether oxygens (including phenoxy) is 1. The molecule has 1 unspecified atom stereocenters. The zero-order valence-electron chi connectivity index (χ0n) is 9.08. The van der Waals surface area contributed by atoms with Crippen LogP contribution in [0.3, 0.4) is 0 Å². The highest BCUT2D eigenvalue weighted by Crippen LogP contribution is 2.29. The van der Waals surface area contributed by atoms with Gasteiger partial charge in [-0.1, -0.05) is 4.49 Å². The summed E-state index contributed by atoms with van der Waals surface area (Å²) in [6, 6.07) is 0. The molecule has 2 aromatic rings. The molecule has 92 valence electrons. The van der Waals surface area contributed by atoms with Crippen molar-refractivity contribution in [3.8, 4) is 0 Å². The molecule has 0 saturated heterocycles. The highest BCUT2D eigenvalue weighted by Gasteiger charge is 2.21. The fourth-order valence-electron chi connectivity index (χ4n) is 1.43. The van der Waals surface area contributed by atoms with Gasteiger partial charge in [-0.05, 0) is 27.5 Å². The fourth-order valence-corrected chi connectivity index (χ4v) is 2.44. The van der Waals surface area contributed by atoms with Crippen LogP contribution >= 0.6 is 27.5 Å². The van der Waals surface area contributed by atoms with E-state index in [4.69, 9.17) is 4.74 Å². The third kappa shape index (κ3) is 2.71. The lowest BCUT2D eigenvalue weighted by Crippen LogP contribution is -2.13. The van der Waals surface area contributed by atoms with Crippen molar-refractivity contribution >= 4 is 27.5 Å². The number of hydrogen-bond donors (Lipinski definition) is 1. The second-order valence-corrected chi connectivity index (χ2v) is 4.99. The molecule has 0 spiro atoms. The Bertz CT molecular complexity index is 473. The molecular formula is C9H11BrN4O2S. The first-order valence-corrected chi connectivity index (χ1v) is 6.46. The van der Waals surface area contributed by atoms with E-state index in [-0.39, 0.29) is 0 Å². The molecule has 8 heteroatoms. The van der Waals surface area contributed by atoms with Crippen LogP contribution in [0.1, 0.15) is 16.7 Å². The molecule has 0 aliphatic carbocycles. The monoisotopic (exact) mass is 318 g/mol. The maximum Gasteiger partial charge on any atom is 0.134 e. The Morgan fingerprint density at radius 3 is 3.06 bits per heavy atom. The van der Waals surface area contributed by atoms with Crippen molar-refractivity contribution in [2.45, 2.75) is 12.6 Å². The van der Waals surface area contributed by atoms with Gasteiger partial charge >= 0.3 is 0 Å². The van der Waals surface area contributed by atoms with Crippen LogP contribution in [-0.2, 0) is 11.3 Å². The normalized spacial score (nSPS) is 12.9. The number of halogens is 1. The van der Waals surface area contributed by atoms with Crippen LogP contribution in [0.4, 0.5) is 0 Å². The molecule has 2 rings (SSSR count). The minimum absolute atomic E-state index is 0.536. The SMILES string of the molecule is COCCn1ncc(Br)c1C(O)c1cnns1.